The molecule has 0 amide bonds. The monoisotopic (exact) mass is 693 g/mol. The van der Waals surface area contributed by atoms with Crippen LogP contribution in [0.4, 0.5) is 17.1 Å². The molecule has 248 valence electrons. The smallest absolute Gasteiger partial charge is 0.289 e. The van der Waals surface area contributed by atoms with E-state index in [1.165, 1.54) is 34.8 Å². The quantitative estimate of drug-likeness (QED) is 0.182. The van der Waals surface area contributed by atoms with Gasteiger partial charge >= 0.3 is 0 Å². The number of aromatic nitrogens is 3. The van der Waals surface area contributed by atoms with Gasteiger partial charge in [0.2, 0.25) is 15.9 Å². The standard InChI is InChI=1S/C30H27N7O9S2/c38-36(39)25-10-1-3-12-27(25)47(42,43)33-15-6-17-35(48(44,45)28-13-4-2-11-26(28)37(40)41)23-9-5-8-22(20-23)24-21-31-34-18-14-29(32-30(24)34)46-19-7-16-33/h1-5,8-14,18,20-21H,6-7,15-17,19H2. The molecule has 6 rings (SSSR count). The van der Waals surface area contributed by atoms with Gasteiger partial charge in [-0.1, -0.05) is 36.4 Å². The molecule has 0 spiro atoms. The van der Waals surface area contributed by atoms with Crippen LogP contribution in [-0.2, 0) is 20.0 Å². The number of hydrogen-bond acceptors (Lipinski definition) is 11. The second-order valence-electron chi connectivity index (χ2n) is 10.6. The van der Waals surface area contributed by atoms with Crippen LogP contribution in [0.25, 0.3) is 16.8 Å². The largest absolute Gasteiger partial charge is 0.478 e. The minimum atomic E-state index is -4.59. The van der Waals surface area contributed by atoms with Gasteiger partial charge in [-0.05, 0) is 42.7 Å². The summed E-state index contributed by atoms with van der Waals surface area (Å²) in [5.74, 6) is 0.237. The van der Waals surface area contributed by atoms with Crippen LogP contribution in [0.3, 0.4) is 0 Å². The van der Waals surface area contributed by atoms with Crippen molar-refractivity contribution in [3.05, 3.63) is 111 Å². The number of hydrogen-bond donors (Lipinski definition) is 0. The average molecular weight is 694 g/mol. The minimum absolute atomic E-state index is 0.0449. The van der Waals surface area contributed by atoms with E-state index in [4.69, 9.17) is 4.74 Å². The SMILES string of the molecule is O=[N+]([O-])c1ccccc1S(=O)(=O)N1CCCOc2ccn3ncc(c3n2)-c2cccc(c2)N(S(=O)(=O)c2ccccc2[N+](=O)[O-])CCC1. The molecule has 0 atom stereocenters. The third kappa shape index (κ3) is 6.15. The highest BCUT2D eigenvalue weighted by molar-refractivity contribution is 7.93. The molecule has 1 aliphatic heterocycles. The van der Waals surface area contributed by atoms with Gasteiger partial charge in [0.1, 0.15) is 0 Å². The zero-order valence-corrected chi connectivity index (χ0v) is 26.7. The van der Waals surface area contributed by atoms with Crippen molar-refractivity contribution in [3.8, 4) is 17.0 Å². The summed E-state index contributed by atoms with van der Waals surface area (Å²) in [7, 11) is -9.04. The first kappa shape index (κ1) is 32.5. The highest BCUT2D eigenvalue weighted by atomic mass is 32.2. The van der Waals surface area contributed by atoms with Crippen LogP contribution in [-0.4, -0.2) is 71.8 Å². The van der Waals surface area contributed by atoms with Gasteiger partial charge in [-0.15, -0.1) is 0 Å². The van der Waals surface area contributed by atoms with Gasteiger partial charge in [-0.2, -0.15) is 14.4 Å². The van der Waals surface area contributed by atoms with E-state index < -0.39 is 51.1 Å². The second kappa shape index (κ2) is 13.0. The van der Waals surface area contributed by atoms with Gasteiger partial charge in [0.25, 0.3) is 21.4 Å². The van der Waals surface area contributed by atoms with E-state index in [0.29, 0.717) is 16.8 Å². The van der Waals surface area contributed by atoms with E-state index in [0.717, 1.165) is 32.9 Å². The minimum Gasteiger partial charge on any atom is -0.478 e. The summed E-state index contributed by atoms with van der Waals surface area (Å²) in [6, 6.07) is 18.0. The molecule has 1 aliphatic rings. The Morgan fingerprint density at radius 1 is 0.750 bits per heavy atom. The molecule has 0 saturated heterocycles. The summed E-state index contributed by atoms with van der Waals surface area (Å²) in [6.45, 7) is -0.618. The lowest BCUT2D eigenvalue weighted by Crippen LogP contribution is -2.38. The van der Waals surface area contributed by atoms with Crippen molar-refractivity contribution in [3.63, 3.8) is 0 Å². The molecule has 0 fully saturated rings. The van der Waals surface area contributed by atoms with Gasteiger partial charge in [0.15, 0.2) is 15.4 Å². The van der Waals surface area contributed by atoms with Crippen molar-refractivity contribution in [2.24, 2.45) is 0 Å². The number of nitro benzene ring substituents is 2. The molecule has 48 heavy (non-hydrogen) atoms. The molecular weight excluding hydrogens is 667 g/mol. The van der Waals surface area contributed by atoms with Gasteiger partial charge in [0.05, 0.1) is 28.3 Å². The van der Waals surface area contributed by atoms with Crippen molar-refractivity contribution in [1.29, 1.82) is 0 Å². The maximum absolute atomic E-state index is 14.2. The van der Waals surface area contributed by atoms with E-state index in [-0.39, 0.29) is 50.7 Å². The first-order chi connectivity index (χ1) is 23.0. The van der Waals surface area contributed by atoms with Crippen LogP contribution in [0, 0.1) is 20.2 Å². The summed E-state index contributed by atoms with van der Waals surface area (Å²) >= 11 is 0. The normalized spacial score (nSPS) is 14.9. The summed E-state index contributed by atoms with van der Waals surface area (Å²) < 4.78 is 65.6. The fourth-order valence-corrected chi connectivity index (χ4v) is 8.75. The van der Waals surface area contributed by atoms with Crippen LogP contribution < -0.4 is 9.04 Å². The van der Waals surface area contributed by atoms with E-state index in [1.54, 1.807) is 36.7 Å². The number of fused-ring (bicyclic) bond motifs is 4. The predicted molar refractivity (Wildman–Crippen MR) is 173 cm³/mol. The molecule has 16 nitrogen and oxygen atoms in total. The lowest BCUT2D eigenvalue weighted by atomic mass is 10.1. The molecule has 0 aliphatic carbocycles. The van der Waals surface area contributed by atoms with Gasteiger partial charge in [0, 0.05) is 49.6 Å². The molecule has 0 radical (unpaired) electrons. The molecule has 3 aromatic carbocycles. The number of nitro groups is 2. The molecule has 2 aromatic heterocycles. The molecule has 18 heteroatoms. The van der Waals surface area contributed by atoms with E-state index >= 15 is 0 Å². The van der Waals surface area contributed by atoms with Crippen molar-refractivity contribution in [1.82, 2.24) is 18.9 Å². The zero-order valence-electron chi connectivity index (χ0n) is 25.0. The van der Waals surface area contributed by atoms with E-state index in [9.17, 15) is 37.1 Å². The molecule has 3 heterocycles. The fourth-order valence-electron chi connectivity index (χ4n) is 5.42. The van der Waals surface area contributed by atoms with Gasteiger partial charge in [-0.25, -0.2) is 21.4 Å². The van der Waals surface area contributed by atoms with Gasteiger partial charge in [-0.3, -0.25) is 24.5 Å². The molecule has 5 aromatic rings. The van der Waals surface area contributed by atoms with Gasteiger partial charge < -0.3 is 4.74 Å². The van der Waals surface area contributed by atoms with Crippen molar-refractivity contribution < 1.29 is 31.4 Å². The molecule has 0 saturated carbocycles. The highest BCUT2D eigenvalue weighted by Crippen LogP contribution is 2.34. The summed E-state index contributed by atoms with van der Waals surface area (Å²) in [6.07, 6.45) is 3.28. The Morgan fingerprint density at radius 3 is 2.08 bits per heavy atom. The number of nitrogens with zero attached hydrogens (tertiary/aromatic N) is 7. The third-order valence-electron chi connectivity index (χ3n) is 7.67. The van der Waals surface area contributed by atoms with E-state index in [2.05, 4.69) is 10.1 Å². The molecule has 0 unspecified atom stereocenters. The number of ether oxygens (including phenoxy) is 1. The molecule has 0 N–H and O–H groups in total. The zero-order chi connectivity index (χ0) is 34.1. The first-order valence-electron chi connectivity index (χ1n) is 14.6. The van der Waals surface area contributed by atoms with Crippen molar-refractivity contribution in [2.45, 2.75) is 22.6 Å². The number of anilines is 1. The third-order valence-corrected chi connectivity index (χ3v) is 11.5. The number of rotatable bonds is 6. The topological polar surface area (TPSA) is 200 Å². The number of benzene rings is 3. The van der Waals surface area contributed by atoms with E-state index in [1.807, 2.05) is 0 Å². The van der Waals surface area contributed by atoms with Crippen molar-refractivity contribution >= 4 is 42.8 Å². The maximum Gasteiger partial charge on any atom is 0.289 e. The Morgan fingerprint density at radius 2 is 1.40 bits per heavy atom. The lowest BCUT2D eigenvalue weighted by Gasteiger charge is -2.27. The second-order valence-corrected chi connectivity index (χ2v) is 14.4. The molecule has 4 bridgehead atoms. The summed E-state index contributed by atoms with van der Waals surface area (Å²) in [5.41, 5.74) is 0.443. The predicted octanol–water partition coefficient (Wildman–Crippen LogP) is 4.27. The summed E-state index contributed by atoms with van der Waals surface area (Å²) in [5, 5.41) is 27.9. The number of sulfonamides is 2. The molecular formula is C30H27N7O9S2. The van der Waals surface area contributed by atoms with Crippen LogP contribution >= 0.6 is 0 Å². The van der Waals surface area contributed by atoms with Crippen molar-refractivity contribution in [2.75, 3.05) is 30.5 Å². The van der Waals surface area contributed by atoms with Crippen LogP contribution in [0.5, 0.6) is 5.88 Å². The average Bonchev–Trinajstić information content (AvgIpc) is 3.50. The number of para-hydroxylation sites is 2. The fraction of sp³-hybridized carbons (Fsp3) is 0.200. The Kier molecular flexibility index (Phi) is 8.78. The Labute approximate surface area is 274 Å². The van der Waals surface area contributed by atoms with Crippen LogP contribution in [0.1, 0.15) is 12.8 Å². The highest BCUT2D eigenvalue weighted by Gasteiger charge is 2.34. The Balaban J connectivity index is 1.47. The summed E-state index contributed by atoms with van der Waals surface area (Å²) in [4.78, 5) is 25.5. The first-order valence-corrected chi connectivity index (χ1v) is 17.4. The van der Waals surface area contributed by atoms with Crippen LogP contribution in [0.15, 0.2) is 101 Å². The Hall–Kier alpha value is -5.46. The maximum atomic E-state index is 14.2. The lowest BCUT2D eigenvalue weighted by molar-refractivity contribution is -0.388. The van der Waals surface area contributed by atoms with Crippen LogP contribution in [0.2, 0.25) is 0 Å². The Bertz CT molecular complexity index is 2260.